The van der Waals surface area contributed by atoms with Gasteiger partial charge in [-0.2, -0.15) is 23.4 Å². The highest BCUT2D eigenvalue weighted by molar-refractivity contribution is 5.96. The van der Waals surface area contributed by atoms with Gasteiger partial charge in [0.15, 0.2) is 11.4 Å². The van der Waals surface area contributed by atoms with Gasteiger partial charge in [0.2, 0.25) is 5.88 Å². The molecule has 0 aromatic carbocycles. The molecule has 0 spiro atoms. The Hall–Kier alpha value is -3.57. The third-order valence-electron chi connectivity index (χ3n) is 5.73. The van der Waals surface area contributed by atoms with Crippen LogP contribution in [0.25, 0.3) is 5.69 Å². The molecule has 2 unspecified atom stereocenters. The van der Waals surface area contributed by atoms with Gasteiger partial charge >= 0.3 is 6.18 Å². The highest BCUT2D eigenvalue weighted by Gasteiger charge is 2.49. The molecule has 1 saturated carbocycles. The third kappa shape index (κ3) is 3.65. The van der Waals surface area contributed by atoms with Gasteiger partial charge in [-0.3, -0.25) is 4.79 Å². The lowest BCUT2D eigenvalue weighted by Crippen LogP contribution is -2.47. The summed E-state index contributed by atoms with van der Waals surface area (Å²) in [4.78, 5) is 28.1. The minimum atomic E-state index is -4.57. The maximum Gasteiger partial charge on any atom is 0.434 e. The number of amides is 1. The number of aromatic nitrogens is 6. The molecular formula is C20H18F3N7O2. The molecule has 9 nitrogen and oxygen atoms in total. The van der Waals surface area contributed by atoms with E-state index in [1.54, 1.807) is 24.0 Å². The highest BCUT2D eigenvalue weighted by atomic mass is 19.4. The van der Waals surface area contributed by atoms with E-state index in [0.717, 1.165) is 12.6 Å². The van der Waals surface area contributed by atoms with Gasteiger partial charge in [-0.1, -0.05) is 0 Å². The molecule has 4 heterocycles. The Kier molecular flexibility index (Phi) is 4.79. The number of pyridine rings is 1. The number of alkyl halides is 3. The monoisotopic (exact) mass is 445 g/mol. The van der Waals surface area contributed by atoms with Gasteiger partial charge in [0, 0.05) is 12.2 Å². The minimum absolute atomic E-state index is 0.00180. The van der Waals surface area contributed by atoms with Crippen molar-refractivity contribution in [3.63, 3.8) is 0 Å². The zero-order valence-corrected chi connectivity index (χ0v) is 16.9. The largest absolute Gasteiger partial charge is 0.471 e. The van der Waals surface area contributed by atoms with Crippen molar-refractivity contribution in [2.24, 2.45) is 5.92 Å². The van der Waals surface area contributed by atoms with Crippen molar-refractivity contribution in [3.8, 4) is 11.6 Å². The summed E-state index contributed by atoms with van der Waals surface area (Å²) in [5, 5.41) is 8.21. The van der Waals surface area contributed by atoms with E-state index in [1.807, 2.05) is 0 Å². The highest BCUT2D eigenvalue weighted by Crippen LogP contribution is 2.40. The third-order valence-corrected chi connectivity index (χ3v) is 5.73. The molecule has 3 aromatic heterocycles. The van der Waals surface area contributed by atoms with Crippen molar-refractivity contribution in [1.29, 1.82) is 0 Å². The number of nitrogens with zero attached hydrogens (tertiary/aromatic N) is 7. The molecule has 1 aliphatic carbocycles. The van der Waals surface area contributed by atoms with Gasteiger partial charge in [0.1, 0.15) is 11.8 Å². The lowest BCUT2D eigenvalue weighted by atomic mass is 10.1. The van der Waals surface area contributed by atoms with Gasteiger partial charge in [-0.05, 0) is 37.8 Å². The van der Waals surface area contributed by atoms with Crippen LogP contribution in [0.5, 0.6) is 5.88 Å². The number of halogens is 3. The van der Waals surface area contributed by atoms with Gasteiger partial charge in [-0.25, -0.2) is 15.0 Å². The standard InChI is InChI=1S/C20H18F3N7O2/c1-11-2-3-13(30-26-4-5-27-30)18(28-11)19(31)29-10-12-6-14(29)15(7-12)32-17-9-24-16(8-25-17)20(21,22)23/h2-5,8-9,12,14-15H,6-7,10H2,1H3/t12?,14-,15?/m1/s1. The summed E-state index contributed by atoms with van der Waals surface area (Å²) in [5.41, 5.74) is 0.308. The van der Waals surface area contributed by atoms with Crippen LogP contribution >= 0.6 is 0 Å². The van der Waals surface area contributed by atoms with E-state index in [4.69, 9.17) is 4.74 Å². The molecule has 2 fully saturated rings. The fraction of sp³-hybridized carbons (Fsp3) is 0.400. The fourth-order valence-corrected chi connectivity index (χ4v) is 4.35. The molecule has 5 rings (SSSR count). The van der Waals surface area contributed by atoms with Crippen LogP contribution in [0.2, 0.25) is 0 Å². The number of rotatable bonds is 4. The van der Waals surface area contributed by atoms with Gasteiger partial charge in [-0.15, -0.1) is 4.80 Å². The summed E-state index contributed by atoms with van der Waals surface area (Å²) in [7, 11) is 0. The van der Waals surface area contributed by atoms with Crippen LogP contribution in [0.4, 0.5) is 13.2 Å². The molecule has 1 amide bonds. The summed E-state index contributed by atoms with van der Waals surface area (Å²) in [6, 6.07) is 3.29. The summed E-state index contributed by atoms with van der Waals surface area (Å²) in [6.45, 7) is 2.35. The maximum absolute atomic E-state index is 13.4. The first-order valence-corrected chi connectivity index (χ1v) is 10.0. The summed E-state index contributed by atoms with van der Waals surface area (Å²) < 4.78 is 44.0. The molecule has 3 aromatic rings. The van der Waals surface area contributed by atoms with Crippen LogP contribution in [0, 0.1) is 12.8 Å². The SMILES string of the molecule is Cc1ccc(-n2nccn2)c(C(=O)N2CC3CC(Oc4cnc(C(F)(F)F)cn4)[C@H]2C3)n1. The van der Waals surface area contributed by atoms with Crippen molar-refractivity contribution in [1.82, 2.24) is 34.8 Å². The summed E-state index contributed by atoms with van der Waals surface area (Å²) in [6.07, 6.45) is 1.11. The van der Waals surface area contributed by atoms with Crippen LogP contribution in [-0.4, -0.2) is 59.4 Å². The molecule has 1 aliphatic heterocycles. The molecule has 2 bridgehead atoms. The minimum Gasteiger partial charge on any atom is -0.471 e. The van der Waals surface area contributed by atoms with E-state index in [9.17, 15) is 18.0 Å². The number of fused-ring (bicyclic) bond motifs is 2. The zero-order chi connectivity index (χ0) is 22.5. The Morgan fingerprint density at radius 2 is 1.91 bits per heavy atom. The van der Waals surface area contributed by atoms with E-state index < -0.39 is 11.9 Å². The number of piperidine rings is 1. The van der Waals surface area contributed by atoms with E-state index in [0.29, 0.717) is 30.5 Å². The predicted octanol–water partition coefficient (Wildman–Crippen LogP) is 2.46. The number of carbonyl (C=O) groups excluding carboxylic acids is 1. The number of ether oxygens (including phenoxy) is 1. The average Bonchev–Trinajstić information content (AvgIpc) is 3.50. The van der Waals surface area contributed by atoms with E-state index in [1.165, 1.54) is 17.2 Å². The number of aryl methyl sites for hydroxylation is 1. The Morgan fingerprint density at radius 1 is 1.12 bits per heavy atom. The van der Waals surface area contributed by atoms with Crippen molar-refractivity contribution in [2.45, 2.75) is 38.1 Å². The Morgan fingerprint density at radius 3 is 2.56 bits per heavy atom. The van der Waals surface area contributed by atoms with E-state index in [2.05, 4.69) is 25.1 Å². The lowest BCUT2D eigenvalue weighted by Gasteiger charge is -2.33. The lowest BCUT2D eigenvalue weighted by molar-refractivity contribution is -0.141. The number of hydrogen-bond acceptors (Lipinski definition) is 7. The van der Waals surface area contributed by atoms with Crippen molar-refractivity contribution in [2.75, 3.05) is 6.54 Å². The molecule has 1 saturated heterocycles. The first kappa shape index (κ1) is 20.3. The maximum atomic E-state index is 13.4. The molecule has 12 heteroatoms. The van der Waals surface area contributed by atoms with Crippen molar-refractivity contribution in [3.05, 3.63) is 54.0 Å². The topological polar surface area (TPSA) is 98.9 Å². The predicted molar refractivity (Wildman–Crippen MR) is 103 cm³/mol. The second kappa shape index (κ2) is 7.53. The molecular weight excluding hydrogens is 427 g/mol. The van der Waals surface area contributed by atoms with Crippen molar-refractivity contribution >= 4 is 5.91 Å². The summed E-state index contributed by atoms with van der Waals surface area (Å²) in [5.74, 6) is -0.0363. The number of carbonyl (C=O) groups is 1. The van der Waals surface area contributed by atoms with Crippen LogP contribution in [0.3, 0.4) is 0 Å². The second-order valence-electron chi connectivity index (χ2n) is 7.90. The average molecular weight is 445 g/mol. The summed E-state index contributed by atoms with van der Waals surface area (Å²) >= 11 is 0. The number of hydrogen-bond donors (Lipinski definition) is 0. The number of likely N-dealkylation sites (tertiary alicyclic amines) is 1. The second-order valence-corrected chi connectivity index (χ2v) is 7.90. The first-order valence-electron chi connectivity index (χ1n) is 10.0. The fourth-order valence-electron chi connectivity index (χ4n) is 4.35. The van der Waals surface area contributed by atoms with Crippen LogP contribution in [-0.2, 0) is 6.18 Å². The first-order chi connectivity index (χ1) is 15.3. The van der Waals surface area contributed by atoms with Gasteiger partial charge < -0.3 is 9.64 Å². The Bertz CT molecular complexity index is 1140. The molecule has 166 valence electrons. The Labute approximate surface area is 180 Å². The molecule has 0 radical (unpaired) electrons. The normalized spacial score (nSPS) is 22.4. The smallest absolute Gasteiger partial charge is 0.434 e. The quantitative estimate of drug-likeness (QED) is 0.608. The Balaban J connectivity index is 1.37. The van der Waals surface area contributed by atoms with Crippen molar-refractivity contribution < 1.29 is 22.7 Å². The molecule has 3 atom stereocenters. The zero-order valence-electron chi connectivity index (χ0n) is 16.9. The van der Waals surface area contributed by atoms with Crippen LogP contribution < -0.4 is 4.74 Å². The van der Waals surface area contributed by atoms with Crippen LogP contribution in [0.1, 0.15) is 34.7 Å². The molecule has 32 heavy (non-hydrogen) atoms. The van der Waals surface area contributed by atoms with E-state index in [-0.39, 0.29) is 35.5 Å². The van der Waals surface area contributed by atoms with E-state index >= 15 is 0 Å². The van der Waals surface area contributed by atoms with Gasteiger partial charge in [0.05, 0.1) is 30.8 Å². The van der Waals surface area contributed by atoms with Crippen LogP contribution in [0.15, 0.2) is 36.9 Å². The van der Waals surface area contributed by atoms with Gasteiger partial charge in [0.25, 0.3) is 5.91 Å². The molecule has 0 N–H and O–H groups in total. The molecule has 2 aliphatic rings.